The zero-order valence-electron chi connectivity index (χ0n) is 9.94. The minimum absolute atomic E-state index is 0.334. The maximum atomic E-state index is 5.38. The summed E-state index contributed by atoms with van der Waals surface area (Å²) >= 11 is 0. The molecule has 2 heteroatoms. The van der Waals surface area contributed by atoms with Gasteiger partial charge in [0.05, 0.1) is 7.11 Å². The largest absolute Gasteiger partial charge is 0.496 e. The van der Waals surface area contributed by atoms with Crippen LogP contribution in [0.15, 0.2) is 36.4 Å². The van der Waals surface area contributed by atoms with E-state index in [0.29, 0.717) is 12.1 Å². The van der Waals surface area contributed by atoms with Crippen molar-refractivity contribution >= 4 is 0 Å². The average Bonchev–Trinajstić information content (AvgIpc) is 2.81. The summed E-state index contributed by atoms with van der Waals surface area (Å²) in [5, 5.41) is 3.63. The van der Waals surface area contributed by atoms with Crippen LogP contribution >= 0.6 is 0 Å². The van der Waals surface area contributed by atoms with Crippen molar-refractivity contribution in [3.8, 4) is 5.75 Å². The van der Waals surface area contributed by atoms with Crippen LogP contribution in [0.2, 0.25) is 0 Å². The molecule has 0 heterocycles. The van der Waals surface area contributed by atoms with Crippen LogP contribution < -0.4 is 10.1 Å². The van der Waals surface area contributed by atoms with Crippen LogP contribution in [0.3, 0.4) is 0 Å². The minimum atomic E-state index is 0.334. The van der Waals surface area contributed by atoms with Gasteiger partial charge in [0.15, 0.2) is 0 Å². The first kappa shape index (κ1) is 11.2. The van der Waals surface area contributed by atoms with Crippen molar-refractivity contribution < 1.29 is 4.74 Å². The molecule has 2 nitrogen and oxygen atoms in total. The van der Waals surface area contributed by atoms with Crippen molar-refractivity contribution in [1.82, 2.24) is 5.32 Å². The summed E-state index contributed by atoms with van der Waals surface area (Å²) in [5.41, 5.74) is 1.23. The molecule has 1 aliphatic carbocycles. The summed E-state index contributed by atoms with van der Waals surface area (Å²) in [4.78, 5) is 0. The van der Waals surface area contributed by atoms with E-state index in [1.54, 1.807) is 7.11 Å². The van der Waals surface area contributed by atoms with Crippen molar-refractivity contribution in [3.05, 3.63) is 42.0 Å². The maximum absolute atomic E-state index is 5.38. The highest BCUT2D eigenvalue weighted by Crippen LogP contribution is 2.25. The lowest BCUT2D eigenvalue weighted by Gasteiger charge is -2.21. The van der Waals surface area contributed by atoms with Crippen molar-refractivity contribution in [2.45, 2.75) is 31.8 Å². The molecule has 0 radical (unpaired) electrons. The van der Waals surface area contributed by atoms with E-state index in [1.807, 2.05) is 12.1 Å². The van der Waals surface area contributed by atoms with E-state index < -0.39 is 0 Å². The van der Waals surface area contributed by atoms with E-state index >= 15 is 0 Å². The Morgan fingerprint density at radius 3 is 2.62 bits per heavy atom. The first-order chi connectivity index (χ1) is 7.81. The van der Waals surface area contributed by atoms with Gasteiger partial charge in [-0.2, -0.15) is 0 Å². The van der Waals surface area contributed by atoms with E-state index in [0.717, 1.165) is 18.6 Å². The number of hydrogen-bond donors (Lipinski definition) is 1. The molecule has 0 spiro atoms. The molecule has 0 aliphatic heterocycles. The molecule has 0 aromatic heterocycles. The Morgan fingerprint density at radius 1 is 1.25 bits per heavy atom. The van der Waals surface area contributed by atoms with E-state index in [1.165, 1.54) is 5.56 Å². The monoisotopic (exact) mass is 217 g/mol. The smallest absolute Gasteiger partial charge is 0.123 e. The van der Waals surface area contributed by atoms with Crippen LogP contribution in [-0.4, -0.2) is 13.2 Å². The summed E-state index contributed by atoms with van der Waals surface area (Å²) in [6.45, 7) is 2.19. The Bertz CT molecular complexity index is 365. The van der Waals surface area contributed by atoms with Gasteiger partial charge >= 0.3 is 0 Å². The SMILES string of the molecule is COc1ccccc1C(C)NC1CC=CC1. The van der Waals surface area contributed by atoms with Gasteiger partial charge in [0.2, 0.25) is 0 Å². The Morgan fingerprint density at radius 2 is 1.94 bits per heavy atom. The fraction of sp³-hybridized carbons (Fsp3) is 0.429. The van der Waals surface area contributed by atoms with Crippen molar-refractivity contribution in [2.24, 2.45) is 0 Å². The summed E-state index contributed by atoms with van der Waals surface area (Å²) in [6.07, 6.45) is 6.76. The average molecular weight is 217 g/mol. The molecule has 0 fully saturated rings. The van der Waals surface area contributed by atoms with Crippen molar-refractivity contribution in [3.63, 3.8) is 0 Å². The molecular formula is C14H19NO. The molecule has 1 aromatic carbocycles. The third kappa shape index (κ3) is 2.45. The third-order valence-electron chi connectivity index (χ3n) is 3.10. The minimum Gasteiger partial charge on any atom is -0.496 e. The fourth-order valence-electron chi connectivity index (χ4n) is 2.22. The molecule has 16 heavy (non-hydrogen) atoms. The number of benzene rings is 1. The Hall–Kier alpha value is -1.28. The topological polar surface area (TPSA) is 21.3 Å². The summed E-state index contributed by atoms with van der Waals surface area (Å²) in [6, 6.07) is 9.12. The highest BCUT2D eigenvalue weighted by molar-refractivity contribution is 5.35. The molecule has 86 valence electrons. The first-order valence-electron chi connectivity index (χ1n) is 5.85. The Kier molecular flexibility index (Phi) is 3.62. The van der Waals surface area contributed by atoms with Crippen LogP contribution in [-0.2, 0) is 0 Å². The van der Waals surface area contributed by atoms with Gasteiger partial charge in [-0.15, -0.1) is 0 Å². The van der Waals surface area contributed by atoms with Gasteiger partial charge in [-0.3, -0.25) is 0 Å². The molecule has 1 aliphatic rings. The lowest BCUT2D eigenvalue weighted by molar-refractivity contribution is 0.394. The normalized spacial score (nSPS) is 17.6. The highest BCUT2D eigenvalue weighted by Gasteiger charge is 2.16. The third-order valence-corrected chi connectivity index (χ3v) is 3.10. The number of methoxy groups -OCH3 is 1. The van der Waals surface area contributed by atoms with Gasteiger partial charge in [0.25, 0.3) is 0 Å². The number of nitrogens with one attached hydrogen (secondary N) is 1. The van der Waals surface area contributed by atoms with Gasteiger partial charge in [0.1, 0.15) is 5.75 Å². The first-order valence-corrected chi connectivity index (χ1v) is 5.85. The second kappa shape index (κ2) is 5.17. The zero-order chi connectivity index (χ0) is 11.4. The number of rotatable bonds is 4. The summed E-state index contributed by atoms with van der Waals surface area (Å²) < 4.78 is 5.38. The van der Waals surface area contributed by atoms with Gasteiger partial charge in [-0.25, -0.2) is 0 Å². The summed E-state index contributed by atoms with van der Waals surface area (Å²) in [5.74, 6) is 0.966. The second-order valence-electron chi connectivity index (χ2n) is 4.27. The summed E-state index contributed by atoms with van der Waals surface area (Å²) in [7, 11) is 1.72. The van der Waals surface area contributed by atoms with Gasteiger partial charge < -0.3 is 10.1 Å². The van der Waals surface area contributed by atoms with Crippen molar-refractivity contribution in [2.75, 3.05) is 7.11 Å². The molecule has 0 amide bonds. The number of para-hydroxylation sites is 1. The van der Waals surface area contributed by atoms with Gasteiger partial charge in [0, 0.05) is 17.6 Å². The van der Waals surface area contributed by atoms with Crippen LogP contribution in [0.5, 0.6) is 5.75 Å². The molecule has 0 saturated heterocycles. The van der Waals surface area contributed by atoms with Crippen LogP contribution in [0, 0.1) is 0 Å². The predicted octanol–water partition coefficient (Wildman–Crippen LogP) is 3.06. The lowest BCUT2D eigenvalue weighted by atomic mass is 10.1. The van der Waals surface area contributed by atoms with E-state index in [9.17, 15) is 0 Å². The van der Waals surface area contributed by atoms with Gasteiger partial charge in [-0.05, 0) is 25.8 Å². The van der Waals surface area contributed by atoms with E-state index in [2.05, 4.69) is 36.5 Å². The van der Waals surface area contributed by atoms with Crippen LogP contribution in [0.25, 0.3) is 0 Å². The zero-order valence-corrected chi connectivity index (χ0v) is 9.94. The molecule has 1 aromatic rings. The quantitative estimate of drug-likeness (QED) is 0.783. The Balaban J connectivity index is 2.04. The van der Waals surface area contributed by atoms with Crippen LogP contribution in [0.4, 0.5) is 0 Å². The van der Waals surface area contributed by atoms with Crippen LogP contribution in [0.1, 0.15) is 31.4 Å². The fourth-order valence-corrected chi connectivity index (χ4v) is 2.22. The van der Waals surface area contributed by atoms with E-state index in [-0.39, 0.29) is 0 Å². The predicted molar refractivity (Wildman–Crippen MR) is 66.7 cm³/mol. The molecule has 2 rings (SSSR count). The Labute approximate surface area is 97.3 Å². The number of hydrogen-bond acceptors (Lipinski definition) is 2. The van der Waals surface area contributed by atoms with Gasteiger partial charge in [-0.1, -0.05) is 30.4 Å². The molecule has 1 unspecified atom stereocenters. The standard InChI is InChI=1S/C14H19NO/c1-11(15-12-7-3-4-8-12)13-9-5-6-10-14(13)16-2/h3-6,9-12,15H,7-8H2,1-2H3. The number of ether oxygens (including phenoxy) is 1. The van der Waals surface area contributed by atoms with E-state index in [4.69, 9.17) is 4.74 Å². The molecule has 0 bridgehead atoms. The second-order valence-corrected chi connectivity index (χ2v) is 4.27. The highest BCUT2D eigenvalue weighted by atomic mass is 16.5. The maximum Gasteiger partial charge on any atom is 0.123 e. The molecule has 1 atom stereocenters. The lowest BCUT2D eigenvalue weighted by Crippen LogP contribution is -2.29. The van der Waals surface area contributed by atoms with Crippen molar-refractivity contribution in [1.29, 1.82) is 0 Å². The molecule has 0 saturated carbocycles. The molecular weight excluding hydrogens is 198 g/mol. The molecule has 1 N–H and O–H groups in total.